The second kappa shape index (κ2) is 7.56. The number of carbonyl (C=O) groups excluding carboxylic acids is 1. The molecule has 1 aliphatic heterocycles. The predicted molar refractivity (Wildman–Crippen MR) is 94.7 cm³/mol. The molecule has 0 bridgehead atoms. The Balaban J connectivity index is 1.76. The van der Waals surface area contributed by atoms with Crippen molar-refractivity contribution in [3.05, 3.63) is 47.5 Å². The lowest BCUT2D eigenvalue weighted by atomic mass is 9.85. The maximum absolute atomic E-state index is 12.2. The Labute approximate surface area is 151 Å². The van der Waals surface area contributed by atoms with Gasteiger partial charge in [0.05, 0.1) is 26.7 Å². The van der Waals surface area contributed by atoms with E-state index < -0.39 is 0 Å². The van der Waals surface area contributed by atoms with Gasteiger partial charge in [-0.3, -0.25) is 4.79 Å². The number of methoxy groups -OCH3 is 2. The Kier molecular flexibility index (Phi) is 5.21. The van der Waals surface area contributed by atoms with Crippen molar-refractivity contribution >= 4 is 5.97 Å². The van der Waals surface area contributed by atoms with Gasteiger partial charge in [-0.15, -0.1) is 0 Å². The molecule has 138 valence electrons. The van der Waals surface area contributed by atoms with Crippen molar-refractivity contribution < 1.29 is 29.2 Å². The van der Waals surface area contributed by atoms with Gasteiger partial charge in [-0.2, -0.15) is 0 Å². The highest BCUT2D eigenvalue weighted by molar-refractivity contribution is 5.75. The number of phenolic OH excluding ortho intramolecular Hbond substituents is 2. The summed E-state index contributed by atoms with van der Waals surface area (Å²) in [5, 5.41) is 19.4. The Morgan fingerprint density at radius 2 is 1.50 bits per heavy atom. The molecule has 1 saturated heterocycles. The van der Waals surface area contributed by atoms with Crippen molar-refractivity contribution in [3.63, 3.8) is 0 Å². The van der Waals surface area contributed by atoms with Crippen molar-refractivity contribution in [2.24, 2.45) is 11.8 Å². The van der Waals surface area contributed by atoms with Gasteiger partial charge in [0.15, 0.2) is 23.0 Å². The van der Waals surface area contributed by atoms with E-state index in [-0.39, 0.29) is 29.3 Å². The number of hydrogen-bond acceptors (Lipinski definition) is 6. The molecule has 2 aromatic carbocycles. The summed E-state index contributed by atoms with van der Waals surface area (Å²) in [6.07, 6.45) is 1.15. The first kappa shape index (κ1) is 17.9. The molecule has 26 heavy (non-hydrogen) atoms. The Bertz CT molecular complexity index is 801. The summed E-state index contributed by atoms with van der Waals surface area (Å²) in [5.41, 5.74) is 1.87. The normalized spacial score (nSPS) is 19.2. The third-order valence-electron chi connectivity index (χ3n) is 4.75. The number of benzene rings is 2. The molecule has 2 atom stereocenters. The van der Waals surface area contributed by atoms with Gasteiger partial charge in [-0.05, 0) is 48.2 Å². The van der Waals surface area contributed by atoms with Crippen LogP contribution in [0.4, 0.5) is 0 Å². The number of rotatable bonds is 6. The summed E-state index contributed by atoms with van der Waals surface area (Å²) in [5.74, 6) is 0.482. The van der Waals surface area contributed by atoms with Crippen LogP contribution in [0.1, 0.15) is 11.1 Å². The van der Waals surface area contributed by atoms with E-state index in [1.165, 1.54) is 14.2 Å². The number of phenols is 2. The highest BCUT2D eigenvalue weighted by Crippen LogP contribution is 2.34. The molecule has 3 rings (SSSR count). The van der Waals surface area contributed by atoms with Crippen LogP contribution in [0.2, 0.25) is 0 Å². The van der Waals surface area contributed by atoms with Crippen molar-refractivity contribution in [2.45, 2.75) is 12.8 Å². The van der Waals surface area contributed by atoms with E-state index in [0.717, 1.165) is 11.1 Å². The minimum absolute atomic E-state index is 0.0246. The third kappa shape index (κ3) is 3.69. The van der Waals surface area contributed by atoms with E-state index in [9.17, 15) is 15.0 Å². The quantitative estimate of drug-likeness (QED) is 0.773. The van der Waals surface area contributed by atoms with Crippen LogP contribution in [0, 0.1) is 11.8 Å². The Morgan fingerprint density at radius 3 is 2.04 bits per heavy atom. The van der Waals surface area contributed by atoms with Crippen LogP contribution in [-0.4, -0.2) is 37.0 Å². The second-order valence-electron chi connectivity index (χ2n) is 6.42. The van der Waals surface area contributed by atoms with E-state index >= 15 is 0 Å². The molecule has 2 N–H and O–H groups in total. The molecule has 2 aromatic rings. The van der Waals surface area contributed by atoms with Crippen LogP contribution in [0.5, 0.6) is 23.0 Å². The number of cyclic esters (lactones) is 1. The van der Waals surface area contributed by atoms with Gasteiger partial charge < -0.3 is 24.4 Å². The molecule has 0 spiro atoms. The summed E-state index contributed by atoms with van der Waals surface area (Å²) in [7, 11) is 2.99. The van der Waals surface area contributed by atoms with Gasteiger partial charge in [0, 0.05) is 5.92 Å². The second-order valence-corrected chi connectivity index (χ2v) is 6.42. The number of ether oxygens (including phenoxy) is 3. The topological polar surface area (TPSA) is 85.2 Å². The van der Waals surface area contributed by atoms with Gasteiger partial charge in [0.2, 0.25) is 0 Å². The van der Waals surface area contributed by atoms with Gasteiger partial charge >= 0.3 is 5.97 Å². The van der Waals surface area contributed by atoms with E-state index in [2.05, 4.69) is 0 Å². The number of carbonyl (C=O) groups is 1. The van der Waals surface area contributed by atoms with Gasteiger partial charge in [-0.25, -0.2) is 0 Å². The lowest BCUT2D eigenvalue weighted by Gasteiger charge is -2.16. The largest absolute Gasteiger partial charge is 0.504 e. The fraction of sp³-hybridized carbons (Fsp3) is 0.350. The van der Waals surface area contributed by atoms with Crippen LogP contribution in [0.15, 0.2) is 36.4 Å². The molecule has 1 heterocycles. The standard InChI is InChI=1S/C20H22O6/c1-24-18-9-12(3-5-16(18)21)7-14-11-26-20(23)15(14)8-13-4-6-17(22)19(10-13)25-2/h3-6,9-10,14-15,21-22H,7-8,11H2,1-2H3/t14?,15-/m1/s1. The molecule has 1 unspecified atom stereocenters. The lowest BCUT2D eigenvalue weighted by Crippen LogP contribution is -2.20. The zero-order chi connectivity index (χ0) is 18.7. The van der Waals surface area contributed by atoms with Crippen LogP contribution in [0.3, 0.4) is 0 Å². The Morgan fingerprint density at radius 1 is 0.962 bits per heavy atom. The minimum Gasteiger partial charge on any atom is -0.504 e. The third-order valence-corrected chi connectivity index (χ3v) is 4.75. The molecule has 0 radical (unpaired) electrons. The first-order valence-electron chi connectivity index (χ1n) is 8.40. The van der Waals surface area contributed by atoms with Crippen LogP contribution in [-0.2, 0) is 22.4 Å². The zero-order valence-electron chi connectivity index (χ0n) is 14.8. The summed E-state index contributed by atoms with van der Waals surface area (Å²) >= 11 is 0. The van der Waals surface area contributed by atoms with Gasteiger partial charge in [0.1, 0.15) is 0 Å². The first-order chi connectivity index (χ1) is 12.5. The first-order valence-corrected chi connectivity index (χ1v) is 8.40. The van der Waals surface area contributed by atoms with E-state index in [4.69, 9.17) is 14.2 Å². The fourth-order valence-electron chi connectivity index (χ4n) is 3.31. The van der Waals surface area contributed by atoms with Gasteiger partial charge in [0.25, 0.3) is 0 Å². The summed E-state index contributed by atoms with van der Waals surface area (Å²) in [4.78, 5) is 12.2. The average Bonchev–Trinajstić information content (AvgIpc) is 2.98. The highest BCUT2D eigenvalue weighted by atomic mass is 16.5. The van der Waals surface area contributed by atoms with E-state index in [1.54, 1.807) is 30.3 Å². The summed E-state index contributed by atoms with van der Waals surface area (Å²) in [6.45, 7) is 0.363. The molecule has 0 aliphatic carbocycles. The molecule has 0 aromatic heterocycles. The highest BCUT2D eigenvalue weighted by Gasteiger charge is 2.37. The van der Waals surface area contributed by atoms with Crippen molar-refractivity contribution in [3.8, 4) is 23.0 Å². The van der Waals surface area contributed by atoms with E-state index in [0.29, 0.717) is 30.9 Å². The molecular formula is C20H22O6. The molecule has 1 fully saturated rings. The maximum Gasteiger partial charge on any atom is 0.309 e. The number of aromatic hydroxyl groups is 2. The van der Waals surface area contributed by atoms with E-state index in [1.807, 2.05) is 6.07 Å². The van der Waals surface area contributed by atoms with Crippen molar-refractivity contribution in [2.75, 3.05) is 20.8 Å². The molecule has 0 saturated carbocycles. The smallest absolute Gasteiger partial charge is 0.309 e. The van der Waals surface area contributed by atoms with Crippen LogP contribution >= 0.6 is 0 Å². The van der Waals surface area contributed by atoms with Crippen LogP contribution < -0.4 is 9.47 Å². The average molecular weight is 358 g/mol. The zero-order valence-corrected chi connectivity index (χ0v) is 14.8. The number of hydrogen-bond donors (Lipinski definition) is 2. The SMILES string of the molecule is COc1cc(CC2COC(=O)[C@@H]2Cc2ccc(O)c(OC)c2)ccc1O. The number of esters is 1. The molecule has 1 aliphatic rings. The predicted octanol–water partition coefficient (Wildman–Crippen LogP) is 2.69. The van der Waals surface area contributed by atoms with Crippen molar-refractivity contribution in [1.82, 2.24) is 0 Å². The summed E-state index contributed by atoms with van der Waals surface area (Å²) in [6, 6.07) is 10.3. The minimum atomic E-state index is -0.274. The Hall–Kier alpha value is -2.89. The maximum atomic E-state index is 12.2. The van der Waals surface area contributed by atoms with Crippen LogP contribution in [0.25, 0.3) is 0 Å². The lowest BCUT2D eigenvalue weighted by molar-refractivity contribution is -0.141. The molecule has 6 nitrogen and oxygen atoms in total. The molecular weight excluding hydrogens is 336 g/mol. The summed E-state index contributed by atoms with van der Waals surface area (Å²) < 4.78 is 15.6. The molecule has 0 amide bonds. The van der Waals surface area contributed by atoms with Gasteiger partial charge in [-0.1, -0.05) is 12.1 Å². The molecule has 6 heteroatoms. The fourth-order valence-corrected chi connectivity index (χ4v) is 3.31. The monoisotopic (exact) mass is 358 g/mol. The van der Waals surface area contributed by atoms with Crippen molar-refractivity contribution in [1.29, 1.82) is 0 Å².